The van der Waals surface area contributed by atoms with Gasteiger partial charge in [0.05, 0.1) is 52.1 Å². The fourth-order valence-corrected chi connectivity index (χ4v) is 2.79. The van der Waals surface area contributed by atoms with Crippen LogP contribution in [0.1, 0.15) is 12.8 Å². The van der Waals surface area contributed by atoms with Crippen LogP contribution in [-0.4, -0.2) is 35.8 Å². The van der Waals surface area contributed by atoms with Crippen molar-refractivity contribution in [3.8, 4) is 0 Å². The third-order valence-electron chi connectivity index (χ3n) is 4.04. The topological polar surface area (TPSA) is 241 Å². The van der Waals surface area contributed by atoms with E-state index >= 15 is 0 Å². The fraction of sp³-hybridized carbons (Fsp3) is 0.455. The van der Waals surface area contributed by atoms with Crippen LogP contribution < -0.4 is 339 Å². The van der Waals surface area contributed by atoms with Crippen molar-refractivity contribution < 1.29 is 368 Å². The van der Waals surface area contributed by atoms with Gasteiger partial charge < -0.3 is 59.4 Å². The van der Waals surface area contributed by atoms with Crippen molar-refractivity contribution in [2.45, 2.75) is 12.8 Å². The third-order valence-corrected chi connectivity index (χ3v) is 4.04. The van der Waals surface area contributed by atoms with E-state index in [4.69, 9.17) is 0 Å². The molecule has 0 N–H and O–H groups in total. The Kier molecular flexibility index (Phi) is 33.0. The first kappa shape index (κ1) is 48.7. The van der Waals surface area contributed by atoms with Crippen LogP contribution in [-0.2, 0) is 28.8 Å². The third kappa shape index (κ3) is 9.11. The molecular weight excluding hydrogens is 559 g/mol. The molecule has 0 aliphatic heterocycles. The van der Waals surface area contributed by atoms with E-state index < -0.39 is 64.9 Å². The summed E-state index contributed by atoms with van der Waals surface area (Å²) in [5.74, 6) is -16.9. The summed E-state index contributed by atoms with van der Waals surface area (Å²) in [5, 5.41) is 66.8. The van der Waals surface area contributed by atoms with Crippen molar-refractivity contribution in [1.29, 1.82) is 0 Å². The van der Waals surface area contributed by atoms with E-state index in [0.717, 1.165) is 0 Å². The predicted molar refractivity (Wildman–Crippen MR) is 46.6 cm³/mol. The normalized spacial score (nSPS) is 16.1. The molecule has 0 bridgehead atoms. The van der Waals surface area contributed by atoms with Crippen LogP contribution in [0.4, 0.5) is 0 Å². The number of carboxylic acid groups (broad SMARTS) is 6. The Hall–Kier alpha value is 6.64. The molecule has 0 aromatic rings. The zero-order valence-electron chi connectivity index (χ0n) is 16.8. The summed E-state index contributed by atoms with van der Waals surface area (Å²) >= 11 is 0. The van der Waals surface area contributed by atoms with Gasteiger partial charge in [0.2, 0.25) is 0 Å². The van der Waals surface area contributed by atoms with Crippen molar-refractivity contribution in [2.24, 2.45) is 16.2 Å². The van der Waals surface area contributed by atoms with E-state index in [-0.39, 0.29) is 308 Å². The summed E-state index contributed by atoms with van der Waals surface area (Å²) < 4.78 is 0. The van der Waals surface area contributed by atoms with Gasteiger partial charge in [-0.2, -0.15) is 0 Å². The molecule has 1 aliphatic rings. The van der Waals surface area contributed by atoms with Gasteiger partial charge in [-0.3, -0.25) is 0 Å². The summed E-state index contributed by atoms with van der Waals surface area (Å²) in [6.07, 6.45) is -4.14. The number of carbonyl (C=O) groups is 6. The minimum absolute atomic E-state index is 0. The maximum absolute atomic E-state index is 11.2. The molecule has 0 atom stereocenters. The standard InChI is InChI=1S/C11H10O12.6K/c12-3(13)9(4(14)15)1-10(5(16)17,6(18)19)11(2-9,7(20)21)8(22)23;;;;;;/h1-2H2,(H,12,13)(H,14,15)(H,16,17)(H,18,19)(H,20,21)(H,22,23);;;;;;/q;6*+1/p-6. The summed E-state index contributed by atoms with van der Waals surface area (Å²) in [6, 6.07) is 0. The summed E-state index contributed by atoms with van der Waals surface area (Å²) in [7, 11) is 0. The molecule has 29 heavy (non-hydrogen) atoms. The van der Waals surface area contributed by atoms with Crippen molar-refractivity contribution in [2.75, 3.05) is 0 Å². The molecule has 0 aromatic carbocycles. The van der Waals surface area contributed by atoms with Gasteiger partial charge in [0.15, 0.2) is 0 Å². The van der Waals surface area contributed by atoms with Crippen molar-refractivity contribution in [3.05, 3.63) is 0 Å². The van der Waals surface area contributed by atoms with Crippen LogP contribution in [0.15, 0.2) is 0 Å². The average molecular weight is 563 g/mol. The smallest absolute Gasteiger partial charge is 0.549 e. The molecule has 126 valence electrons. The molecule has 0 amide bonds. The van der Waals surface area contributed by atoms with Crippen LogP contribution in [0.2, 0.25) is 0 Å². The minimum Gasteiger partial charge on any atom is -0.549 e. The van der Waals surface area contributed by atoms with E-state index in [1.54, 1.807) is 0 Å². The number of hydrogen-bond acceptors (Lipinski definition) is 12. The van der Waals surface area contributed by atoms with Gasteiger partial charge in [0.25, 0.3) is 0 Å². The van der Waals surface area contributed by atoms with Crippen molar-refractivity contribution >= 4 is 35.8 Å². The van der Waals surface area contributed by atoms with Gasteiger partial charge in [-0.1, -0.05) is 0 Å². The van der Waals surface area contributed by atoms with Crippen molar-refractivity contribution in [1.82, 2.24) is 0 Å². The second-order valence-corrected chi connectivity index (χ2v) is 4.97. The average Bonchev–Trinajstić information content (AvgIpc) is 2.74. The maximum Gasteiger partial charge on any atom is 1.00 e. The summed E-state index contributed by atoms with van der Waals surface area (Å²) in [5.41, 5.74) is -11.8. The largest absolute Gasteiger partial charge is 1.00 e. The Bertz CT molecular complexity index is 581. The second-order valence-electron chi connectivity index (χ2n) is 4.97. The first-order valence-corrected chi connectivity index (χ1v) is 5.61. The Balaban J connectivity index is -0.000000220. The van der Waals surface area contributed by atoms with E-state index in [0.29, 0.717) is 0 Å². The second kappa shape index (κ2) is 19.7. The van der Waals surface area contributed by atoms with Gasteiger partial charge in [0.1, 0.15) is 0 Å². The molecule has 0 saturated heterocycles. The summed E-state index contributed by atoms with van der Waals surface area (Å²) in [4.78, 5) is 66.8. The number of rotatable bonds is 6. The number of carbonyl (C=O) groups excluding carboxylic acids is 6. The Morgan fingerprint density at radius 3 is 0.690 bits per heavy atom. The molecule has 0 radical (unpaired) electrons. The molecule has 1 aliphatic carbocycles. The molecule has 1 saturated carbocycles. The molecule has 0 heterocycles. The quantitative estimate of drug-likeness (QED) is 0.216. The fourth-order valence-electron chi connectivity index (χ4n) is 2.79. The molecule has 1 fully saturated rings. The van der Waals surface area contributed by atoms with Gasteiger partial charge >= 0.3 is 308 Å². The van der Waals surface area contributed by atoms with Crippen LogP contribution in [0.5, 0.6) is 0 Å². The first-order valence-electron chi connectivity index (χ1n) is 5.61. The van der Waals surface area contributed by atoms with E-state index in [2.05, 4.69) is 0 Å². The SMILES string of the molecule is O=C([O-])C1(C(=O)[O-])CC(C(=O)[O-])(C(=O)[O-])C(C(=O)[O-])(C(=O)[O-])C1.[K+].[K+].[K+].[K+].[K+].[K+]. The monoisotopic (exact) mass is 562 g/mol. The van der Waals surface area contributed by atoms with Crippen LogP contribution >= 0.6 is 0 Å². The Morgan fingerprint density at radius 2 is 0.586 bits per heavy atom. The zero-order valence-corrected chi connectivity index (χ0v) is 35.6. The first-order chi connectivity index (χ1) is 10.3. The van der Waals surface area contributed by atoms with Gasteiger partial charge in [-0.25, -0.2) is 0 Å². The number of hydrogen-bond donors (Lipinski definition) is 0. The van der Waals surface area contributed by atoms with Gasteiger partial charge in [-0.05, 0) is 12.8 Å². The number of aliphatic carboxylic acids is 6. The minimum atomic E-state index is -4.11. The van der Waals surface area contributed by atoms with Crippen LogP contribution in [0, 0.1) is 16.2 Å². The predicted octanol–water partition coefficient (Wildman–Crippen LogP) is -27.7. The number of carboxylic acids is 6. The van der Waals surface area contributed by atoms with E-state index in [9.17, 15) is 59.4 Å². The van der Waals surface area contributed by atoms with E-state index in [1.165, 1.54) is 0 Å². The van der Waals surface area contributed by atoms with Crippen LogP contribution in [0.25, 0.3) is 0 Å². The summed E-state index contributed by atoms with van der Waals surface area (Å²) in [6.45, 7) is 0. The molecule has 1 rings (SSSR count). The molecular formula is C11H4K6O12. The Labute approximate surface area is 419 Å². The van der Waals surface area contributed by atoms with Gasteiger partial charge in [-0.15, -0.1) is 0 Å². The van der Waals surface area contributed by atoms with Crippen molar-refractivity contribution in [3.63, 3.8) is 0 Å². The zero-order chi connectivity index (χ0) is 18.4. The Morgan fingerprint density at radius 1 is 0.414 bits per heavy atom. The molecule has 12 nitrogen and oxygen atoms in total. The molecule has 0 spiro atoms. The van der Waals surface area contributed by atoms with E-state index in [1.807, 2.05) is 0 Å². The molecule has 0 aromatic heterocycles. The molecule has 18 heteroatoms. The maximum atomic E-state index is 11.2. The van der Waals surface area contributed by atoms with Crippen LogP contribution in [0.3, 0.4) is 0 Å². The van der Waals surface area contributed by atoms with Gasteiger partial charge in [0, 0.05) is 0 Å². The molecule has 0 unspecified atom stereocenters.